The molecule has 1 aromatic rings. The first-order chi connectivity index (χ1) is 8.86. The van der Waals surface area contributed by atoms with Gasteiger partial charge in [0, 0.05) is 6.04 Å². The lowest BCUT2D eigenvalue weighted by Crippen LogP contribution is -2.28. The lowest BCUT2D eigenvalue weighted by Gasteiger charge is -2.11. The van der Waals surface area contributed by atoms with Crippen molar-refractivity contribution in [1.82, 2.24) is 4.72 Å². The van der Waals surface area contributed by atoms with E-state index in [9.17, 15) is 17.6 Å². The lowest BCUT2D eigenvalue weighted by molar-refractivity contribution is 0.0590. The van der Waals surface area contributed by atoms with Crippen LogP contribution < -0.4 is 4.72 Å². The van der Waals surface area contributed by atoms with Crippen LogP contribution in [0.25, 0.3) is 0 Å². The first-order valence-corrected chi connectivity index (χ1v) is 7.73. The molecule has 0 saturated heterocycles. The number of ether oxygens (including phenoxy) is 1. The molecule has 0 aliphatic heterocycles. The van der Waals surface area contributed by atoms with Crippen molar-refractivity contribution in [2.75, 3.05) is 7.11 Å². The number of hydrogen-bond acceptors (Lipinski definition) is 4. The Morgan fingerprint density at radius 2 is 2.11 bits per heavy atom. The van der Waals surface area contributed by atoms with Gasteiger partial charge in [0.2, 0.25) is 10.0 Å². The van der Waals surface area contributed by atoms with E-state index in [4.69, 9.17) is 0 Å². The fourth-order valence-electron chi connectivity index (χ4n) is 1.53. The molecule has 1 N–H and O–H groups in total. The minimum absolute atomic E-state index is 0.00160. The summed E-state index contributed by atoms with van der Waals surface area (Å²) in [5.74, 6) is -1.99. The predicted molar refractivity (Wildman–Crippen MR) is 68.8 cm³/mol. The zero-order valence-corrected chi connectivity index (χ0v) is 12.3. The van der Waals surface area contributed by atoms with E-state index < -0.39 is 32.3 Å². The van der Waals surface area contributed by atoms with E-state index in [0.717, 1.165) is 20.0 Å². The molecule has 1 aliphatic carbocycles. The second-order valence-electron chi connectivity index (χ2n) is 4.12. The Morgan fingerprint density at radius 3 is 2.63 bits per heavy atom. The van der Waals surface area contributed by atoms with Crippen LogP contribution in [0.1, 0.15) is 23.2 Å². The molecule has 0 unspecified atom stereocenters. The summed E-state index contributed by atoms with van der Waals surface area (Å²) in [6, 6.07) is 2.27. The fourth-order valence-corrected chi connectivity index (χ4v) is 3.35. The van der Waals surface area contributed by atoms with Crippen molar-refractivity contribution in [3.05, 3.63) is 28.0 Å². The molecule has 0 amide bonds. The minimum atomic E-state index is -3.93. The van der Waals surface area contributed by atoms with Gasteiger partial charge in [0.15, 0.2) is 5.82 Å². The van der Waals surface area contributed by atoms with Gasteiger partial charge in [0.05, 0.1) is 16.5 Å². The number of sulfonamides is 1. The van der Waals surface area contributed by atoms with Crippen molar-refractivity contribution >= 4 is 31.9 Å². The second-order valence-corrected chi connectivity index (χ2v) is 6.66. The highest BCUT2D eigenvalue weighted by Crippen LogP contribution is 2.28. The Labute approximate surface area is 118 Å². The summed E-state index contributed by atoms with van der Waals surface area (Å²) < 4.78 is 44.9. The molecule has 104 valence electrons. The highest BCUT2D eigenvalue weighted by Gasteiger charge is 2.32. The van der Waals surface area contributed by atoms with Gasteiger partial charge in [-0.15, -0.1) is 0 Å². The van der Waals surface area contributed by atoms with Gasteiger partial charge in [-0.05, 0) is 40.9 Å². The van der Waals surface area contributed by atoms with Crippen LogP contribution in [-0.2, 0) is 14.8 Å². The van der Waals surface area contributed by atoms with Gasteiger partial charge >= 0.3 is 5.97 Å². The van der Waals surface area contributed by atoms with E-state index in [1.54, 1.807) is 0 Å². The van der Waals surface area contributed by atoms with Crippen molar-refractivity contribution in [1.29, 1.82) is 0 Å². The molecule has 2 rings (SSSR count). The molecule has 0 atom stereocenters. The van der Waals surface area contributed by atoms with Gasteiger partial charge in [0.25, 0.3) is 0 Å². The van der Waals surface area contributed by atoms with E-state index in [-0.39, 0.29) is 10.5 Å². The molecule has 0 radical (unpaired) electrons. The number of carbonyl (C=O) groups excluding carboxylic acids is 1. The maximum Gasteiger partial charge on any atom is 0.342 e. The number of methoxy groups -OCH3 is 1. The minimum Gasteiger partial charge on any atom is -0.465 e. The lowest BCUT2D eigenvalue weighted by atomic mass is 10.2. The average molecular weight is 352 g/mol. The summed E-state index contributed by atoms with van der Waals surface area (Å²) in [5, 5.41) is 0. The molecular formula is C11H11BrFNO4S. The summed E-state index contributed by atoms with van der Waals surface area (Å²) in [7, 11) is -2.87. The van der Waals surface area contributed by atoms with Gasteiger partial charge in [0.1, 0.15) is 5.56 Å². The highest BCUT2D eigenvalue weighted by molar-refractivity contribution is 9.10. The normalized spacial score (nSPS) is 15.3. The Kier molecular flexibility index (Phi) is 3.93. The Bertz CT molecular complexity index is 628. The third-order valence-corrected chi connectivity index (χ3v) is 4.81. The van der Waals surface area contributed by atoms with Crippen molar-refractivity contribution < 1.29 is 22.3 Å². The number of benzene rings is 1. The molecule has 0 aromatic heterocycles. The van der Waals surface area contributed by atoms with Crippen LogP contribution in [0.2, 0.25) is 0 Å². The summed E-state index contributed by atoms with van der Waals surface area (Å²) in [6.07, 6.45) is 1.48. The quantitative estimate of drug-likeness (QED) is 0.839. The largest absolute Gasteiger partial charge is 0.465 e. The second kappa shape index (κ2) is 5.18. The standard InChI is InChI=1S/C11H11BrFNO4S/c1-18-11(15)9-8(5-4-7(12)10(9)13)19(16,17)14-6-2-3-6/h4-6,14H,2-3H2,1H3. The number of halogens is 2. The Morgan fingerprint density at radius 1 is 1.47 bits per heavy atom. The first-order valence-electron chi connectivity index (χ1n) is 5.45. The molecule has 0 bridgehead atoms. The molecule has 1 fully saturated rings. The highest BCUT2D eigenvalue weighted by atomic mass is 79.9. The Balaban J connectivity index is 2.56. The fraction of sp³-hybridized carbons (Fsp3) is 0.364. The SMILES string of the molecule is COC(=O)c1c(S(=O)(=O)NC2CC2)ccc(Br)c1F. The number of carbonyl (C=O) groups is 1. The van der Waals surface area contributed by atoms with Gasteiger partial charge in [-0.1, -0.05) is 0 Å². The van der Waals surface area contributed by atoms with Crippen LogP contribution in [0.15, 0.2) is 21.5 Å². The molecule has 19 heavy (non-hydrogen) atoms. The monoisotopic (exact) mass is 351 g/mol. The molecule has 1 aromatic carbocycles. The van der Waals surface area contributed by atoms with Gasteiger partial charge in [-0.25, -0.2) is 22.3 Å². The molecule has 1 saturated carbocycles. The van der Waals surface area contributed by atoms with Crippen LogP contribution in [0.4, 0.5) is 4.39 Å². The number of esters is 1. The van der Waals surface area contributed by atoms with Crippen LogP contribution in [0.5, 0.6) is 0 Å². The zero-order valence-electron chi connectivity index (χ0n) is 9.94. The van der Waals surface area contributed by atoms with Gasteiger partial charge in [-0.3, -0.25) is 0 Å². The van der Waals surface area contributed by atoms with E-state index in [0.29, 0.717) is 0 Å². The van der Waals surface area contributed by atoms with Crippen LogP contribution in [0, 0.1) is 5.82 Å². The number of rotatable bonds is 4. The maximum atomic E-state index is 13.9. The number of hydrogen-bond donors (Lipinski definition) is 1. The third-order valence-electron chi connectivity index (χ3n) is 2.63. The van der Waals surface area contributed by atoms with Crippen molar-refractivity contribution in [3.8, 4) is 0 Å². The summed E-state index contributed by atoms with van der Waals surface area (Å²) in [6.45, 7) is 0. The van der Waals surface area contributed by atoms with Gasteiger partial charge in [-0.2, -0.15) is 0 Å². The molecule has 8 heteroatoms. The number of nitrogens with one attached hydrogen (secondary N) is 1. The Hall–Kier alpha value is -0.990. The van der Waals surface area contributed by atoms with Crippen LogP contribution >= 0.6 is 15.9 Å². The van der Waals surface area contributed by atoms with Crippen LogP contribution in [-0.4, -0.2) is 27.5 Å². The summed E-state index contributed by atoms with van der Waals surface area (Å²) in [5.41, 5.74) is -0.593. The smallest absolute Gasteiger partial charge is 0.342 e. The molecular weight excluding hydrogens is 341 g/mol. The maximum absolute atomic E-state index is 13.9. The van der Waals surface area contributed by atoms with Crippen LogP contribution in [0.3, 0.4) is 0 Å². The van der Waals surface area contributed by atoms with E-state index in [2.05, 4.69) is 25.4 Å². The van der Waals surface area contributed by atoms with Crippen molar-refractivity contribution in [2.24, 2.45) is 0 Å². The molecule has 0 spiro atoms. The van der Waals surface area contributed by atoms with Gasteiger partial charge < -0.3 is 4.74 Å². The van der Waals surface area contributed by atoms with Crippen molar-refractivity contribution in [2.45, 2.75) is 23.8 Å². The van der Waals surface area contributed by atoms with E-state index in [1.165, 1.54) is 12.1 Å². The molecule has 0 heterocycles. The predicted octanol–water partition coefficient (Wildman–Crippen LogP) is 1.82. The summed E-state index contributed by atoms with van der Waals surface area (Å²) >= 11 is 2.91. The summed E-state index contributed by atoms with van der Waals surface area (Å²) in [4.78, 5) is 11.2. The topological polar surface area (TPSA) is 72.5 Å². The molecule has 5 nitrogen and oxygen atoms in total. The van der Waals surface area contributed by atoms with E-state index >= 15 is 0 Å². The zero-order chi connectivity index (χ0) is 14.2. The van der Waals surface area contributed by atoms with E-state index in [1.807, 2.05) is 0 Å². The average Bonchev–Trinajstić information content (AvgIpc) is 3.14. The molecule has 1 aliphatic rings. The first kappa shape index (κ1) is 14.4. The third kappa shape index (κ3) is 2.96. The van der Waals surface area contributed by atoms with Crippen molar-refractivity contribution in [3.63, 3.8) is 0 Å².